The molecule has 0 amide bonds. The van der Waals surface area contributed by atoms with Gasteiger partial charge in [-0.05, 0) is 38.3 Å². The van der Waals surface area contributed by atoms with E-state index in [-0.39, 0.29) is 12.1 Å². The van der Waals surface area contributed by atoms with Gasteiger partial charge in [0.25, 0.3) is 0 Å². The van der Waals surface area contributed by atoms with Crippen molar-refractivity contribution in [1.82, 2.24) is 9.78 Å². The molecule has 0 saturated heterocycles. The first-order valence-corrected chi connectivity index (χ1v) is 6.29. The van der Waals surface area contributed by atoms with Gasteiger partial charge in [0.05, 0.1) is 5.69 Å². The lowest BCUT2D eigenvalue weighted by Gasteiger charge is -2.21. The van der Waals surface area contributed by atoms with E-state index in [2.05, 4.69) is 35.6 Å². The van der Waals surface area contributed by atoms with Crippen LogP contribution in [-0.4, -0.2) is 15.8 Å². The summed E-state index contributed by atoms with van der Waals surface area (Å²) in [6.07, 6.45) is 0. The Morgan fingerprint density at radius 2 is 2.19 bits per heavy atom. The Labute approximate surface area is 99.9 Å². The van der Waals surface area contributed by atoms with E-state index in [1.54, 1.807) is 11.3 Å². The highest BCUT2D eigenvalue weighted by Crippen LogP contribution is 2.26. The molecule has 86 valence electrons. The Balaban J connectivity index is 2.45. The van der Waals surface area contributed by atoms with Gasteiger partial charge in [-0.25, -0.2) is 0 Å². The van der Waals surface area contributed by atoms with Crippen molar-refractivity contribution in [2.24, 2.45) is 5.73 Å². The van der Waals surface area contributed by atoms with Crippen molar-refractivity contribution in [1.29, 1.82) is 0 Å². The summed E-state index contributed by atoms with van der Waals surface area (Å²) in [6, 6.07) is 6.46. The maximum Gasteiger partial charge on any atom is 0.101 e. The van der Waals surface area contributed by atoms with Gasteiger partial charge in [0.1, 0.15) is 6.04 Å². The number of hydrogen-bond donors (Lipinski definition) is 1. The standard InChI is InChI=1S/C12H17N3S/c1-8-7-9(2)15(14-8)12(10(3)13)11-5-4-6-16-11/h4-7,10,12H,13H2,1-3H3. The first-order chi connectivity index (χ1) is 7.59. The van der Waals surface area contributed by atoms with Gasteiger partial charge in [0.15, 0.2) is 0 Å². The highest BCUT2D eigenvalue weighted by atomic mass is 32.1. The van der Waals surface area contributed by atoms with Gasteiger partial charge < -0.3 is 5.73 Å². The first kappa shape index (κ1) is 11.4. The zero-order valence-electron chi connectivity index (χ0n) is 9.84. The highest BCUT2D eigenvalue weighted by Gasteiger charge is 2.21. The molecule has 0 aromatic carbocycles. The van der Waals surface area contributed by atoms with Gasteiger partial charge in [-0.1, -0.05) is 6.07 Å². The maximum atomic E-state index is 6.08. The van der Waals surface area contributed by atoms with E-state index in [1.807, 2.05) is 18.5 Å². The average molecular weight is 235 g/mol. The molecule has 0 bridgehead atoms. The fourth-order valence-electron chi connectivity index (χ4n) is 1.99. The van der Waals surface area contributed by atoms with Crippen LogP contribution in [0.4, 0.5) is 0 Å². The van der Waals surface area contributed by atoms with E-state index in [9.17, 15) is 0 Å². The summed E-state index contributed by atoms with van der Waals surface area (Å²) >= 11 is 1.73. The SMILES string of the molecule is Cc1cc(C)n(C(c2cccs2)C(C)N)n1. The molecule has 0 aliphatic heterocycles. The molecule has 2 unspecified atom stereocenters. The lowest BCUT2D eigenvalue weighted by atomic mass is 10.1. The molecular formula is C12H17N3S. The molecule has 2 N–H and O–H groups in total. The average Bonchev–Trinajstić information content (AvgIpc) is 2.78. The summed E-state index contributed by atoms with van der Waals surface area (Å²) in [6.45, 7) is 6.11. The topological polar surface area (TPSA) is 43.8 Å². The summed E-state index contributed by atoms with van der Waals surface area (Å²) in [5, 5.41) is 6.61. The molecule has 2 aromatic rings. The van der Waals surface area contributed by atoms with Gasteiger partial charge in [-0.3, -0.25) is 4.68 Å². The quantitative estimate of drug-likeness (QED) is 0.888. The van der Waals surface area contributed by atoms with Crippen molar-refractivity contribution in [2.75, 3.05) is 0 Å². The fourth-order valence-corrected chi connectivity index (χ4v) is 2.91. The van der Waals surface area contributed by atoms with E-state index in [0.29, 0.717) is 0 Å². The molecule has 4 heteroatoms. The van der Waals surface area contributed by atoms with Crippen LogP contribution in [0.3, 0.4) is 0 Å². The van der Waals surface area contributed by atoms with Gasteiger partial charge in [0.2, 0.25) is 0 Å². The zero-order chi connectivity index (χ0) is 11.7. The number of aryl methyl sites for hydroxylation is 2. The van der Waals surface area contributed by atoms with Crippen LogP contribution in [-0.2, 0) is 0 Å². The van der Waals surface area contributed by atoms with Crippen LogP contribution in [0.2, 0.25) is 0 Å². The van der Waals surface area contributed by atoms with Crippen LogP contribution in [0, 0.1) is 13.8 Å². The summed E-state index contributed by atoms with van der Waals surface area (Å²) in [7, 11) is 0. The molecule has 16 heavy (non-hydrogen) atoms. The molecule has 0 saturated carbocycles. The van der Waals surface area contributed by atoms with Crippen molar-refractivity contribution in [2.45, 2.75) is 32.9 Å². The Kier molecular flexibility index (Phi) is 3.12. The van der Waals surface area contributed by atoms with Gasteiger partial charge in [-0.2, -0.15) is 5.10 Å². The normalized spacial score (nSPS) is 15.0. The number of nitrogens with zero attached hydrogens (tertiary/aromatic N) is 2. The van der Waals surface area contributed by atoms with Crippen LogP contribution >= 0.6 is 11.3 Å². The minimum Gasteiger partial charge on any atom is -0.326 e. The van der Waals surface area contributed by atoms with Crippen molar-refractivity contribution < 1.29 is 0 Å². The monoisotopic (exact) mass is 235 g/mol. The van der Waals surface area contributed by atoms with Gasteiger partial charge in [0, 0.05) is 16.6 Å². The number of hydrogen-bond acceptors (Lipinski definition) is 3. The first-order valence-electron chi connectivity index (χ1n) is 5.41. The molecule has 0 fully saturated rings. The van der Waals surface area contributed by atoms with E-state index >= 15 is 0 Å². The van der Waals surface area contributed by atoms with Crippen LogP contribution < -0.4 is 5.73 Å². The van der Waals surface area contributed by atoms with Gasteiger partial charge in [-0.15, -0.1) is 11.3 Å². The van der Waals surface area contributed by atoms with Crippen molar-refractivity contribution >= 4 is 11.3 Å². The lowest BCUT2D eigenvalue weighted by molar-refractivity contribution is 0.450. The van der Waals surface area contributed by atoms with Crippen molar-refractivity contribution in [3.8, 4) is 0 Å². The fraction of sp³-hybridized carbons (Fsp3) is 0.417. The Hall–Kier alpha value is -1.13. The van der Waals surface area contributed by atoms with E-state index < -0.39 is 0 Å². The lowest BCUT2D eigenvalue weighted by Crippen LogP contribution is -2.31. The van der Waals surface area contributed by atoms with Crippen LogP contribution in [0.1, 0.15) is 29.2 Å². The summed E-state index contributed by atoms with van der Waals surface area (Å²) in [5.41, 5.74) is 8.29. The molecule has 0 spiro atoms. The molecule has 2 heterocycles. The highest BCUT2D eigenvalue weighted by molar-refractivity contribution is 7.10. The molecular weight excluding hydrogens is 218 g/mol. The second kappa shape index (κ2) is 4.39. The predicted molar refractivity (Wildman–Crippen MR) is 67.8 cm³/mol. The molecule has 2 atom stereocenters. The van der Waals surface area contributed by atoms with E-state index in [4.69, 9.17) is 5.73 Å². The third-order valence-electron chi connectivity index (χ3n) is 2.64. The van der Waals surface area contributed by atoms with Crippen LogP contribution in [0.5, 0.6) is 0 Å². The van der Waals surface area contributed by atoms with Crippen molar-refractivity contribution in [3.05, 3.63) is 39.8 Å². The molecule has 0 aliphatic carbocycles. The Morgan fingerprint density at radius 3 is 2.62 bits per heavy atom. The Bertz CT molecular complexity index is 457. The largest absolute Gasteiger partial charge is 0.326 e. The zero-order valence-corrected chi connectivity index (χ0v) is 10.7. The second-order valence-corrected chi connectivity index (χ2v) is 5.17. The third kappa shape index (κ3) is 2.03. The minimum atomic E-state index is 0.0525. The maximum absolute atomic E-state index is 6.08. The third-order valence-corrected chi connectivity index (χ3v) is 3.58. The number of thiophene rings is 1. The Morgan fingerprint density at radius 1 is 1.44 bits per heavy atom. The number of rotatable bonds is 3. The predicted octanol–water partition coefficient (Wildman–Crippen LogP) is 2.50. The number of nitrogens with two attached hydrogens (primary N) is 1. The molecule has 0 aliphatic rings. The van der Waals surface area contributed by atoms with E-state index in [1.165, 1.54) is 4.88 Å². The number of aromatic nitrogens is 2. The molecule has 3 nitrogen and oxygen atoms in total. The molecule has 2 aromatic heterocycles. The summed E-state index contributed by atoms with van der Waals surface area (Å²) in [5.74, 6) is 0. The molecule has 0 radical (unpaired) electrons. The van der Waals surface area contributed by atoms with E-state index in [0.717, 1.165) is 11.4 Å². The van der Waals surface area contributed by atoms with Crippen LogP contribution in [0.15, 0.2) is 23.6 Å². The smallest absolute Gasteiger partial charge is 0.101 e. The minimum absolute atomic E-state index is 0.0525. The molecule has 2 rings (SSSR count). The summed E-state index contributed by atoms with van der Waals surface area (Å²) in [4.78, 5) is 1.27. The second-order valence-electron chi connectivity index (χ2n) is 4.19. The summed E-state index contributed by atoms with van der Waals surface area (Å²) < 4.78 is 2.03. The van der Waals surface area contributed by atoms with Crippen molar-refractivity contribution in [3.63, 3.8) is 0 Å². The van der Waals surface area contributed by atoms with Crippen LogP contribution in [0.25, 0.3) is 0 Å². The van der Waals surface area contributed by atoms with Gasteiger partial charge >= 0.3 is 0 Å².